The maximum absolute atomic E-state index is 13.8. The fourth-order valence-corrected chi connectivity index (χ4v) is 5.00. The molecule has 1 saturated carbocycles. The van der Waals surface area contributed by atoms with Crippen LogP contribution in [0.2, 0.25) is 0 Å². The maximum atomic E-state index is 13.8. The third-order valence-electron chi connectivity index (χ3n) is 5.66. The van der Waals surface area contributed by atoms with Crippen molar-refractivity contribution in [1.29, 1.82) is 0 Å². The minimum Gasteiger partial charge on any atom is -0.478 e. The van der Waals surface area contributed by atoms with Gasteiger partial charge in [0.1, 0.15) is 5.82 Å². The van der Waals surface area contributed by atoms with Crippen molar-refractivity contribution >= 4 is 27.6 Å². The first-order valence-electron chi connectivity index (χ1n) is 8.58. The average molecular weight is 404 g/mol. The maximum Gasteiger partial charge on any atom is 0.335 e. The summed E-state index contributed by atoms with van der Waals surface area (Å²) in [6.07, 6.45) is 5.25. The van der Waals surface area contributed by atoms with Gasteiger partial charge in [-0.2, -0.15) is 0 Å². The van der Waals surface area contributed by atoms with E-state index in [2.05, 4.69) is 21.2 Å². The van der Waals surface area contributed by atoms with E-state index >= 15 is 0 Å². The molecule has 0 saturated heterocycles. The first-order chi connectivity index (χ1) is 12.0. The fraction of sp³-hybridized carbons (Fsp3) is 0.350. The predicted molar refractivity (Wildman–Crippen MR) is 98.6 cm³/mol. The molecule has 3 nitrogen and oxygen atoms in total. The van der Waals surface area contributed by atoms with E-state index in [9.17, 15) is 14.3 Å². The Morgan fingerprint density at radius 2 is 1.96 bits per heavy atom. The number of carboxylic acids is 1. The molecule has 0 radical (unpaired) electrons. The number of nitrogens with one attached hydrogen (secondary N) is 1. The van der Waals surface area contributed by atoms with Crippen LogP contribution in [0.4, 0.5) is 10.1 Å². The number of fused-ring (bicyclic) bond motifs is 2. The van der Waals surface area contributed by atoms with Crippen LogP contribution in [-0.2, 0) is 5.41 Å². The number of hydrogen-bond donors (Lipinski definition) is 2. The topological polar surface area (TPSA) is 49.3 Å². The van der Waals surface area contributed by atoms with Crippen molar-refractivity contribution in [3.8, 4) is 0 Å². The van der Waals surface area contributed by atoms with Gasteiger partial charge in [-0.3, -0.25) is 0 Å². The molecule has 4 rings (SSSR count). The molecule has 2 aromatic carbocycles. The molecular weight excluding hydrogens is 385 g/mol. The lowest BCUT2D eigenvalue weighted by Crippen LogP contribution is -2.34. The van der Waals surface area contributed by atoms with E-state index in [0.717, 1.165) is 53.4 Å². The molecule has 2 N–H and O–H groups in total. The lowest BCUT2D eigenvalue weighted by Gasteiger charge is -2.41. The molecular formula is C20H19BrFNO2. The first-order valence-corrected chi connectivity index (χ1v) is 9.37. The van der Waals surface area contributed by atoms with Crippen molar-refractivity contribution < 1.29 is 14.3 Å². The SMILES string of the molecule is O=C(O)c1ccc2c(c1)C1(CCCC1)CC(c1cc(F)ccc1Br)N2. The van der Waals surface area contributed by atoms with Gasteiger partial charge in [0, 0.05) is 10.2 Å². The Bertz CT molecular complexity index is 846. The third kappa shape index (κ3) is 2.84. The highest BCUT2D eigenvalue weighted by molar-refractivity contribution is 9.10. The van der Waals surface area contributed by atoms with Gasteiger partial charge < -0.3 is 10.4 Å². The molecule has 5 heteroatoms. The predicted octanol–water partition coefficient (Wildman–Crippen LogP) is 5.66. The van der Waals surface area contributed by atoms with Gasteiger partial charge in [0.15, 0.2) is 0 Å². The van der Waals surface area contributed by atoms with E-state index in [4.69, 9.17) is 0 Å². The lowest BCUT2D eigenvalue weighted by molar-refractivity contribution is 0.0696. The van der Waals surface area contributed by atoms with Crippen molar-refractivity contribution in [2.24, 2.45) is 0 Å². The minimum absolute atomic E-state index is 0.00588. The van der Waals surface area contributed by atoms with E-state index in [1.807, 2.05) is 12.1 Å². The second-order valence-electron chi connectivity index (χ2n) is 7.12. The van der Waals surface area contributed by atoms with Crippen LogP contribution in [0.15, 0.2) is 40.9 Å². The quantitative estimate of drug-likeness (QED) is 0.680. The van der Waals surface area contributed by atoms with Crippen molar-refractivity contribution in [3.05, 3.63) is 63.4 Å². The standard InChI is InChI=1S/C20H19BrFNO2/c21-16-5-4-13(22)10-14(16)18-11-20(7-1-2-8-20)15-9-12(19(24)25)3-6-17(15)23-18/h3-6,9-10,18,23H,1-2,7-8,11H2,(H,24,25). The molecule has 25 heavy (non-hydrogen) atoms. The molecule has 1 unspecified atom stereocenters. The second kappa shape index (κ2) is 6.13. The molecule has 2 aromatic rings. The van der Waals surface area contributed by atoms with E-state index < -0.39 is 5.97 Å². The molecule has 0 bridgehead atoms. The number of carboxylic acid groups (broad SMARTS) is 1. The van der Waals surface area contributed by atoms with Gasteiger partial charge in [-0.1, -0.05) is 28.8 Å². The number of rotatable bonds is 2. The molecule has 0 amide bonds. The van der Waals surface area contributed by atoms with Crippen molar-refractivity contribution in [1.82, 2.24) is 0 Å². The Kier molecular flexibility index (Phi) is 4.07. The molecule has 1 fully saturated rings. The van der Waals surface area contributed by atoms with Crippen LogP contribution in [0.5, 0.6) is 0 Å². The third-order valence-corrected chi connectivity index (χ3v) is 6.38. The first kappa shape index (κ1) is 16.6. The van der Waals surface area contributed by atoms with E-state index in [1.165, 1.54) is 6.07 Å². The second-order valence-corrected chi connectivity index (χ2v) is 7.97. The number of carbonyl (C=O) groups is 1. The number of hydrogen-bond acceptors (Lipinski definition) is 2. The molecule has 130 valence electrons. The Balaban J connectivity index is 1.81. The van der Waals surface area contributed by atoms with Gasteiger partial charge in [0.25, 0.3) is 0 Å². The largest absolute Gasteiger partial charge is 0.478 e. The summed E-state index contributed by atoms with van der Waals surface area (Å²) in [5.41, 5.74) is 3.30. The van der Waals surface area contributed by atoms with Crippen molar-refractivity contribution in [3.63, 3.8) is 0 Å². The molecule has 1 spiro atoms. The van der Waals surface area contributed by atoms with Gasteiger partial charge in [0.2, 0.25) is 0 Å². The zero-order valence-electron chi connectivity index (χ0n) is 13.7. The lowest BCUT2D eigenvalue weighted by atomic mass is 9.69. The summed E-state index contributed by atoms with van der Waals surface area (Å²) < 4.78 is 14.7. The van der Waals surface area contributed by atoms with Gasteiger partial charge in [0.05, 0.1) is 11.6 Å². The normalized spacial score (nSPS) is 21.0. The molecule has 1 aliphatic heterocycles. The highest BCUT2D eigenvalue weighted by Crippen LogP contribution is 2.53. The van der Waals surface area contributed by atoms with E-state index in [0.29, 0.717) is 5.56 Å². The summed E-state index contributed by atoms with van der Waals surface area (Å²) in [4.78, 5) is 11.4. The van der Waals surface area contributed by atoms with Crippen LogP contribution < -0.4 is 5.32 Å². The number of aromatic carboxylic acids is 1. The summed E-state index contributed by atoms with van der Waals surface area (Å²) >= 11 is 3.55. The summed E-state index contributed by atoms with van der Waals surface area (Å²) in [6, 6.07) is 10.1. The average Bonchev–Trinajstić information content (AvgIpc) is 3.05. The molecule has 0 aromatic heterocycles. The molecule has 1 heterocycles. The summed E-state index contributed by atoms with van der Waals surface area (Å²) in [5, 5.41) is 12.9. The molecule has 1 aliphatic carbocycles. The van der Waals surface area contributed by atoms with Crippen molar-refractivity contribution in [2.75, 3.05) is 5.32 Å². The fourth-order valence-electron chi connectivity index (χ4n) is 4.48. The number of benzene rings is 2. The Morgan fingerprint density at radius 3 is 2.68 bits per heavy atom. The van der Waals surface area contributed by atoms with Crippen LogP contribution >= 0.6 is 15.9 Å². The van der Waals surface area contributed by atoms with Gasteiger partial charge in [-0.15, -0.1) is 0 Å². The highest BCUT2D eigenvalue weighted by atomic mass is 79.9. The molecule has 1 atom stereocenters. The Labute approximate surface area is 154 Å². The van der Waals surface area contributed by atoms with Gasteiger partial charge in [-0.05, 0) is 72.2 Å². The zero-order valence-corrected chi connectivity index (χ0v) is 15.3. The summed E-state index contributed by atoms with van der Waals surface area (Å²) in [6.45, 7) is 0. The van der Waals surface area contributed by atoms with E-state index in [-0.39, 0.29) is 17.3 Å². The van der Waals surface area contributed by atoms with Crippen LogP contribution in [0, 0.1) is 5.82 Å². The smallest absolute Gasteiger partial charge is 0.335 e. The number of halogens is 2. The van der Waals surface area contributed by atoms with Crippen molar-refractivity contribution in [2.45, 2.75) is 43.6 Å². The van der Waals surface area contributed by atoms with Crippen LogP contribution in [0.1, 0.15) is 59.6 Å². The zero-order chi connectivity index (χ0) is 17.6. The Morgan fingerprint density at radius 1 is 1.20 bits per heavy atom. The minimum atomic E-state index is -0.897. The molecule has 2 aliphatic rings. The summed E-state index contributed by atoms with van der Waals surface area (Å²) in [5.74, 6) is -1.14. The summed E-state index contributed by atoms with van der Waals surface area (Å²) in [7, 11) is 0. The van der Waals surface area contributed by atoms with Crippen LogP contribution in [0.25, 0.3) is 0 Å². The van der Waals surface area contributed by atoms with E-state index in [1.54, 1.807) is 18.2 Å². The Hall–Kier alpha value is -1.88. The number of anilines is 1. The van der Waals surface area contributed by atoms with Gasteiger partial charge >= 0.3 is 5.97 Å². The van der Waals surface area contributed by atoms with Crippen LogP contribution in [-0.4, -0.2) is 11.1 Å². The monoisotopic (exact) mass is 403 g/mol. The van der Waals surface area contributed by atoms with Gasteiger partial charge in [-0.25, -0.2) is 9.18 Å². The highest BCUT2D eigenvalue weighted by Gasteiger charge is 2.43. The van der Waals surface area contributed by atoms with Crippen LogP contribution in [0.3, 0.4) is 0 Å².